The number of benzene rings is 2. The minimum absolute atomic E-state index is 0.00870. The lowest BCUT2D eigenvalue weighted by atomic mass is 9.96. The molecule has 4 rings (SSSR count). The topological polar surface area (TPSA) is 64.7 Å². The largest absolute Gasteiger partial charge is 0.322 e. The number of nitrogens with zero attached hydrogens (tertiary/aromatic N) is 2. The summed E-state index contributed by atoms with van der Waals surface area (Å²) < 4.78 is 0. The van der Waals surface area contributed by atoms with Crippen molar-refractivity contribution in [3.05, 3.63) is 77.4 Å². The number of amides is 2. The Balaban J connectivity index is 1.36. The molecule has 0 radical (unpaired) electrons. The Kier molecular flexibility index (Phi) is 8.37. The lowest BCUT2D eigenvalue weighted by molar-refractivity contribution is -0.118. The normalized spacial score (nSPS) is 17.9. The van der Waals surface area contributed by atoms with E-state index in [9.17, 15) is 9.59 Å². The Morgan fingerprint density at radius 3 is 2.57 bits per heavy atom. The highest BCUT2D eigenvalue weighted by molar-refractivity contribution is 5.94. The van der Waals surface area contributed by atoms with Gasteiger partial charge in [0.25, 0.3) is 0 Å². The summed E-state index contributed by atoms with van der Waals surface area (Å²) in [6.07, 6.45) is 6.67. The molecular formula is C29H38N4O2. The average Bonchev–Trinajstić information content (AvgIpc) is 3.06. The molecule has 2 N–H and O–H groups in total. The number of carbonyl (C=O) groups excluding carboxylic acids is 2. The number of urea groups is 1. The second kappa shape index (κ2) is 11.6. The van der Waals surface area contributed by atoms with E-state index in [1.807, 2.05) is 23.1 Å². The predicted molar refractivity (Wildman–Crippen MR) is 141 cm³/mol. The summed E-state index contributed by atoms with van der Waals surface area (Å²) in [4.78, 5) is 27.6. The maximum atomic E-state index is 12.9. The number of anilines is 1. The summed E-state index contributed by atoms with van der Waals surface area (Å²) in [6, 6.07) is 14.5. The van der Waals surface area contributed by atoms with Gasteiger partial charge in [-0.1, -0.05) is 56.8 Å². The summed E-state index contributed by atoms with van der Waals surface area (Å²) in [5, 5.41) is 5.23. The van der Waals surface area contributed by atoms with Gasteiger partial charge in [0.05, 0.1) is 6.04 Å². The number of rotatable bonds is 9. The van der Waals surface area contributed by atoms with Gasteiger partial charge in [0.1, 0.15) is 0 Å². The standard InChI is InChI=1S/C29H38N4O2/c1-4-22-12-11-21(19-23(22)5-2)20-27(28(34)6-3)31-32-16-14-25(15-17-32)33-18-13-24-9-7-8-10-26(24)30-29(33)35/h6-12,19,25,27,31H,3-5,13-18,20H2,1-2H3,(H,30,35)/t27-/m1/s1. The second-order valence-electron chi connectivity index (χ2n) is 9.55. The lowest BCUT2D eigenvalue weighted by Crippen LogP contribution is -2.55. The van der Waals surface area contributed by atoms with Crippen LogP contribution in [-0.4, -0.2) is 53.4 Å². The molecule has 0 unspecified atom stereocenters. The van der Waals surface area contributed by atoms with Gasteiger partial charge >= 0.3 is 6.03 Å². The van der Waals surface area contributed by atoms with E-state index in [1.165, 1.54) is 28.3 Å². The van der Waals surface area contributed by atoms with Gasteiger partial charge in [0, 0.05) is 31.4 Å². The second-order valence-corrected chi connectivity index (χ2v) is 9.55. The number of ketones is 1. The summed E-state index contributed by atoms with van der Waals surface area (Å²) >= 11 is 0. The molecule has 35 heavy (non-hydrogen) atoms. The Labute approximate surface area is 209 Å². The zero-order valence-corrected chi connectivity index (χ0v) is 21.1. The Morgan fingerprint density at radius 1 is 1.11 bits per heavy atom. The van der Waals surface area contributed by atoms with Crippen molar-refractivity contribution in [2.75, 3.05) is 25.0 Å². The number of hydrazine groups is 1. The van der Waals surface area contributed by atoms with E-state index in [-0.39, 0.29) is 23.9 Å². The molecule has 1 fully saturated rings. The quantitative estimate of drug-likeness (QED) is 0.524. The van der Waals surface area contributed by atoms with Gasteiger partial charge in [-0.3, -0.25) is 4.79 Å². The molecule has 186 valence electrons. The van der Waals surface area contributed by atoms with Gasteiger partial charge in [0.15, 0.2) is 5.78 Å². The minimum Gasteiger partial charge on any atom is -0.321 e. The van der Waals surface area contributed by atoms with Crippen molar-refractivity contribution in [2.24, 2.45) is 0 Å². The minimum atomic E-state index is -0.336. The smallest absolute Gasteiger partial charge is 0.321 e. The van der Waals surface area contributed by atoms with E-state index >= 15 is 0 Å². The average molecular weight is 475 g/mol. The molecule has 6 nitrogen and oxygen atoms in total. The number of hydrogen-bond acceptors (Lipinski definition) is 4. The van der Waals surface area contributed by atoms with E-state index in [2.05, 4.69) is 60.4 Å². The molecule has 1 saturated heterocycles. The monoisotopic (exact) mass is 474 g/mol. The maximum absolute atomic E-state index is 12.9. The SMILES string of the molecule is C=CC(=O)[C@@H](Cc1ccc(CC)c(CC)c1)NN1CCC(N2CCc3ccccc3NC2=O)CC1. The number of aryl methyl sites for hydroxylation is 2. The van der Waals surface area contributed by atoms with Crippen molar-refractivity contribution in [3.8, 4) is 0 Å². The number of piperidine rings is 1. The summed E-state index contributed by atoms with van der Waals surface area (Å²) in [5.74, 6) is 0.00870. The highest BCUT2D eigenvalue weighted by atomic mass is 16.2. The first-order valence-electron chi connectivity index (χ1n) is 13.0. The van der Waals surface area contributed by atoms with E-state index in [0.717, 1.165) is 57.4 Å². The van der Waals surface area contributed by atoms with Crippen molar-refractivity contribution in [3.63, 3.8) is 0 Å². The Hall–Kier alpha value is -2.96. The van der Waals surface area contributed by atoms with Crippen molar-refractivity contribution < 1.29 is 9.59 Å². The number of fused-ring (bicyclic) bond motifs is 1. The lowest BCUT2D eigenvalue weighted by Gasteiger charge is -2.39. The van der Waals surface area contributed by atoms with Crippen molar-refractivity contribution in [1.82, 2.24) is 15.3 Å². The Morgan fingerprint density at radius 2 is 1.86 bits per heavy atom. The van der Waals surface area contributed by atoms with Crippen LogP contribution in [0.25, 0.3) is 0 Å². The molecule has 2 aliphatic rings. The molecule has 2 aromatic rings. The number of nitrogens with one attached hydrogen (secondary N) is 2. The summed E-state index contributed by atoms with van der Waals surface area (Å²) in [5.41, 5.74) is 9.48. The zero-order valence-electron chi connectivity index (χ0n) is 21.1. The van der Waals surface area contributed by atoms with Gasteiger partial charge in [0.2, 0.25) is 0 Å². The fourth-order valence-corrected chi connectivity index (χ4v) is 5.33. The summed E-state index contributed by atoms with van der Waals surface area (Å²) in [6.45, 7) is 10.4. The van der Waals surface area contributed by atoms with Crippen LogP contribution in [0.5, 0.6) is 0 Å². The van der Waals surface area contributed by atoms with Crippen LogP contribution in [-0.2, 0) is 30.5 Å². The van der Waals surface area contributed by atoms with Crippen LogP contribution in [0.2, 0.25) is 0 Å². The van der Waals surface area contributed by atoms with Crippen LogP contribution in [0.3, 0.4) is 0 Å². The van der Waals surface area contributed by atoms with E-state index in [0.29, 0.717) is 6.42 Å². The molecule has 0 spiro atoms. The predicted octanol–water partition coefficient (Wildman–Crippen LogP) is 4.54. The van der Waals surface area contributed by atoms with Gasteiger partial charge in [-0.25, -0.2) is 15.2 Å². The van der Waals surface area contributed by atoms with Gasteiger partial charge in [-0.2, -0.15) is 0 Å². The van der Waals surface area contributed by atoms with Crippen LogP contribution >= 0.6 is 0 Å². The molecule has 0 saturated carbocycles. The molecule has 2 heterocycles. The first kappa shape index (κ1) is 25.1. The highest BCUT2D eigenvalue weighted by Gasteiger charge is 2.31. The van der Waals surface area contributed by atoms with Crippen LogP contribution in [0, 0.1) is 0 Å². The first-order chi connectivity index (χ1) is 17.0. The van der Waals surface area contributed by atoms with Crippen molar-refractivity contribution in [1.29, 1.82) is 0 Å². The fraction of sp³-hybridized carbons (Fsp3) is 0.448. The fourth-order valence-electron chi connectivity index (χ4n) is 5.33. The summed E-state index contributed by atoms with van der Waals surface area (Å²) in [7, 11) is 0. The maximum Gasteiger partial charge on any atom is 0.322 e. The van der Waals surface area contributed by atoms with Crippen molar-refractivity contribution in [2.45, 2.75) is 64.5 Å². The Bertz CT molecular complexity index is 1060. The highest BCUT2D eigenvalue weighted by Crippen LogP contribution is 2.24. The first-order valence-corrected chi connectivity index (χ1v) is 13.0. The third-order valence-electron chi connectivity index (χ3n) is 7.40. The van der Waals surface area contributed by atoms with Crippen LogP contribution in [0.15, 0.2) is 55.1 Å². The van der Waals surface area contributed by atoms with Gasteiger partial charge in [-0.15, -0.1) is 0 Å². The van der Waals surface area contributed by atoms with Crippen LogP contribution in [0.4, 0.5) is 10.5 Å². The van der Waals surface area contributed by atoms with E-state index in [1.54, 1.807) is 0 Å². The third-order valence-corrected chi connectivity index (χ3v) is 7.40. The van der Waals surface area contributed by atoms with Crippen LogP contribution < -0.4 is 10.7 Å². The molecule has 0 aliphatic carbocycles. The van der Waals surface area contributed by atoms with Crippen LogP contribution in [0.1, 0.15) is 48.9 Å². The molecule has 1 atom stereocenters. The van der Waals surface area contributed by atoms with Gasteiger partial charge < -0.3 is 10.2 Å². The van der Waals surface area contributed by atoms with Gasteiger partial charge in [-0.05, 0) is 72.9 Å². The van der Waals surface area contributed by atoms with Crippen molar-refractivity contribution >= 4 is 17.5 Å². The molecule has 2 aliphatic heterocycles. The molecule has 0 aromatic heterocycles. The zero-order chi connectivity index (χ0) is 24.8. The molecule has 2 amide bonds. The molecule has 6 heteroatoms. The number of carbonyl (C=O) groups is 2. The third kappa shape index (κ3) is 6.00. The molecule has 0 bridgehead atoms. The number of para-hydroxylation sites is 1. The van der Waals surface area contributed by atoms with E-state index in [4.69, 9.17) is 0 Å². The molecule has 2 aromatic carbocycles. The number of hydrogen-bond donors (Lipinski definition) is 2. The molecular weight excluding hydrogens is 436 g/mol. The van der Waals surface area contributed by atoms with E-state index < -0.39 is 0 Å².